The van der Waals surface area contributed by atoms with Crippen LogP contribution in [-0.4, -0.2) is 23.6 Å². The van der Waals surface area contributed by atoms with E-state index < -0.39 is 4.92 Å². The van der Waals surface area contributed by atoms with E-state index in [0.717, 1.165) is 18.7 Å². The number of hydrogen-bond donors (Lipinski definition) is 1. The molecule has 1 N–H and O–H groups in total. The molecule has 0 aromatic heterocycles. The fourth-order valence-electron chi connectivity index (χ4n) is 1.71. The van der Waals surface area contributed by atoms with Crippen LogP contribution in [-0.2, 0) is 0 Å². The number of benzene rings is 1. The molecule has 5 heteroatoms. The highest BCUT2D eigenvalue weighted by atomic mass is 16.6. The number of nitro groups is 1. The largest absolute Gasteiger partial charge is 0.478 e. The van der Waals surface area contributed by atoms with Gasteiger partial charge >= 0.3 is 5.69 Å². The Morgan fingerprint density at radius 1 is 1.50 bits per heavy atom. The molecule has 0 saturated carbocycles. The molecule has 0 spiro atoms. The number of nitrogens with one attached hydrogen (secondary N) is 1. The molecule has 1 aliphatic rings. The van der Waals surface area contributed by atoms with Crippen molar-refractivity contribution in [3.05, 3.63) is 33.9 Å². The molecule has 1 aromatic rings. The highest BCUT2D eigenvalue weighted by molar-refractivity contribution is 5.51. The van der Waals surface area contributed by atoms with Crippen LogP contribution in [0, 0.1) is 17.0 Å². The molecule has 1 heterocycles. The average molecular weight is 222 g/mol. The average Bonchev–Trinajstić information content (AvgIpc) is 2.18. The van der Waals surface area contributed by atoms with Crippen molar-refractivity contribution in [2.24, 2.45) is 0 Å². The van der Waals surface area contributed by atoms with Crippen LogP contribution in [0.1, 0.15) is 12.5 Å². The van der Waals surface area contributed by atoms with Crippen LogP contribution in [0.2, 0.25) is 0 Å². The normalized spacial score (nSPS) is 17.6. The molecule has 16 heavy (non-hydrogen) atoms. The highest BCUT2D eigenvalue weighted by Gasteiger charge is 2.36. The first-order valence-electron chi connectivity index (χ1n) is 5.16. The molecule has 1 aliphatic heterocycles. The van der Waals surface area contributed by atoms with Gasteiger partial charge in [0.1, 0.15) is 5.60 Å². The van der Waals surface area contributed by atoms with Crippen molar-refractivity contribution in [3.63, 3.8) is 0 Å². The van der Waals surface area contributed by atoms with Crippen LogP contribution in [0.5, 0.6) is 5.75 Å². The Kier molecular flexibility index (Phi) is 2.55. The third kappa shape index (κ3) is 1.86. The van der Waals surface area contributed by atoms with Gasteiger partial charge in [-0.3, -0.25) is 10.1 Å². The van der Waals surface area contributed by atoms with Gasteiger partial charge in [-0.25, -0.2) is 0 Å². The number of aryl methyl sites for hydroxylation is 1. The number of nitro benzene ring substituents is 1. The van der Waals surface area contributed by atoms with E-state index >= 15 is 0 Å². The lowest BCUT2D eigenvalue weighted by atomic mass is 9.99. The van der Waals surface area contributed by atoms with Crippen LogP contribution in [0.4, 0.5) is 5.69 Å². The molecule has 1 aromatic carbocycles. The molecular formula is C11H14N2O3. The fraction of sp³-hybridized carbons (Fsp3) is 0.455. The third-order valence-corrected chi connectivity index (χ3v) is 2.73. The zero-order valence-electron chi connectivity index (χ0n) is 9.32. The molecule has 1 saturated heterocycles. The Bertz CT molecular complexity index is 427. The van der Waals surface area contributed by atoms with Crippen molar-refractivity contribution in [2.75, 3.05) is 13.1 Å². The Hall–Kier alpha value is -1.62. The molecule has 86 valence electrons. The summed E-state index contributed by atoms with van der Waals surface area (Å²) in [6.45, 7) is 5.20. The second-order valence-electron chi connectivity index (χ2n) is 4.34. The van der Waals surface area contributed by atoms with Gasteiger partial charge in [0.05, 0.1) is 4.92 Å². The standard InChI is InChI=1S/C11H14N2O3/c1-8-4-3-5-9(13(14)15)10(8)16-11(2)6-12-7-11/h3-5,12H,6-7H2,1-2H3. The van der Waals surface area contributed by atoms with E-state index in [1.165, 1.54) is 6.07 Å². The van der Waals surface area contributed by atoms with Gasteiger partial charge in [-0.1, -0.05) is 12.1 Å². The maximum atomic E-state index is 10.9. The summed E-state index contributed by atoms with van der Waals surface area (Å²) in [7, 11) is 0. The van der Waals surface area contributed by atoms with Gasteiger partial charge in [-0.2, -0.15) is 0 Å². The predicted octanol–water partition coefficient (Wildman–Crippen LogP) is 1.64. The van der Waals surface area contributed by atoms with Crippen LogP contribution >= 0.6 is 0 Å². The van der Waals surface area contributed by atoms with Crippen LogP contribution in [0.25, 0.3) is 0 Å². The first-order chi connectivity index (χ1) is 7.52. The summed E-state index contributed by atoms with van der Waals surface area (Å²) in [6.07, 6.45) is 0. The molecule has 1 fully saturated rings. The van der Waals surface area contributed by atoms with E-state index in [0.29, 0.717) is 5.75 Å². The van der Waals surface area contributed by atoms with E-state index in [1.807, 2.05) is 19.9 Å². The Morgan fingerprint density at radius 3 is 2.69 bits per heavy atom. The Morgan fingerprint density at radius 2 is 2.19 bits per heavy atom. The summed E-state index contributed by atoms with van der Waals surface area (Å²) < 4.78 is 5.76. The minimum absolute atomic E-state index is 0.0353. The van der Waals surface area contributed by atoms with Crippen molar-refractivity contribution in [2.45, 2.75) is 19.4 Å². The predicted molar refractivity (Wildman–Crippen MR) is 59.7 cm³/mol. The lowest BCUT2D eigenvalue weighted by molar-refractivity contribution is -0.386. The van der Waals surface area contributed by atoms with Gasteiger partial charge in [0, 0.05) is 19.2 Å². The lowest BCUT2D eigenvalue weighted by Crippen LogP contribution is -2.61. The summed E-state index contributed by atoms with van der Waals surface area (Å²) in [4.78, 5) is 10.5. The minimum Gasteiger partial charge on any atom is -0.478 e. The molecule has 2 rings (SSSR count). The molecule has 0 aliphatic carbocycles. The van der Waals surface area contributed by atoms with Gasteiger partial charge in [0.15, 0.2) is 0 Å². The van der Waals surface area contributed by atoms with Crippen LogP contribution < -0.4 is 10.1 Å². The van der Waals surface area contributed by atoms with Gasteiger partial charge in [-0.05, 0) is 19.4 Å². The zero-order chi connectivity index (χ0) is 11.8. The zero-order valence-corrected chi connectivity index (χ0v) is 9.32. The highest BCUT2D eigenvalue weighted by Crippen LogP contribution is 2.34. The quantitative estimate of drug-likeness (QED) is 0.623. The topological polar surface area (TPSA) is 64.4 Å². The van der Waals surface area contributed by atoms with Gasteiger partial charge in [-0.15, -0.1) is 0 Å². The second kappa shape index (κ2) is 3.75. The molecule has 0 atom stereocenters. The van der Waals surface area contributed by atoms with Crippen LogP contribution in [0.3, 0.4) is 0 Å². The minimum atomic E-state index is -0.405. The maximum absolute atomic E-state index is 10.9. The number of para-hydroxylation sites is 1. The molecule has 5 nitrogen and oxygen atoms in total. The fourth-order valence-corrected chi connectivity index (χ4v) is 1.71. The van der Waals surface area contributed by atoms with Crippen molar-refractivity contribution in [1.82, 2.24) is 5.32 Å². The number of rotatable bonds is 3. The summed E-state index contributed by atoms with van der Waals surface area (Å²) in [5, 5.41) is 14.0. The summed E-state index contributed by atoms with van der Waals surface area (Å²) in [5.74, 6) is 0.386. The van der Waals surface area contributed by atoms with Crippen molar-refractivity contribution in [3.8, 4) is 5.75 Å². The van der Waals surface area contributed by atoms with E-state index in [-0.39, 0.29) is 11.3 Å². The molecule has 0 radical (unpaired) electrons. The first-order valence-corrected chi connectivity index (χ1v) is 5.16. The smallest absolute Gasteiger partial charge is 0.311 e. The summed E-state index contributed by atoms with van der Waals surface area (Å²) in [5.41, 5.74) is 0.507. The SMILES string of the molecule is Cc1cccc([N+](=O)[O-])c1OC1(C)CNC1. The van der Waals surface area contributed by atoms with Gasteiger partial charge in [0.25, 0.3) is 0 Å². The van der Waals surface area contributed by atoms with E-state index in [1.54, 1.807) is 6.07 Å². The molecule has 0 bridgehead atoms. The number of hydrogen-bond acceptors (Lipinski definition) is 4. The van der Waals surface area contributed by atoms with Crippen molar-refractivity contribution in [1.29, 1.82) is 0 Å². The number of nitrogens with zero attached hydrogens (tertiary/aromatic N) is 1. The summed E-state index contributed by atoms with van der Waals surface area (Å²) >= 11 is 0. The Labute approximate surface area is 93.6 Å². The lowest BCUT2D eigenvalue weighted by Gasteiger charge is -2.39. The van der Waals surface area contributed by atoms with E-state index in [2.05, 4.69) is 5.32 Å². The van der Waals surface area contributed by atoms with Crippen LogP contribution in [0.15, 0.2) is 18.2 Å². The third-order valence-electron chi connectivity index (χ3n) is 2.73. The van der Waals surface area contributed by atoms with Crippen molar-refractivity contribution < 1.29 is 9.66 Å². The van der Waals surface area contributed by atoms with Crippen molar-refractivity contribution >= 4 is 5.69 Å². The van der Waals surface area contributed by atoms with Gasteiger partial charge in [0.2, 0.25) is 5.75 Å². The summed E-state index contributed by atoms with van der Waals surface area (Å²) in [6, 6.07) is 4.96. The monoisotopic (exact) mass is 222 g/mol. The Balaban J connectivity index is 2.34. The van der Waals surface area contributed by atoms with E-state index in [9.17, 15) is 10.1 Å². The molecular weight excluding hydrogens is 208 g/mol. The molecule has 0 unspecified atom stereocenters. The van der Waals surface area contributed by atoms with Gasteiger partial charge < -0.3 is 10.1 Å². The van der Waals surface area contributed by atoms with E-state index in [4.69, 9.17) is 4.74 Å². The number of ether oxygens (including phenoxy) is 1. The maximum Gasteiger partial charge on any atom is 0.311 e. The molecule has 0 amide bonds. The first kappa shape index (κ1) is 10.9. The second-order valence-corrected chi connectivity index (χ2v) is 4.34.